The molecule has 0 aromatic heterocycles. The van der Waals surface area contributed by atoms with E-state index in [2.05, 4.69) is 0 Å². The van der Waals surface area contributed by atoms with Crippen molar-refractivity contribution < 1.29 is 14.6 Å². The van der Waals surface area contributed by atoms with Gasteiger partial charge < -0.3 is 9.84 Å². The van der Waals surface area contributed by atoms with Crippen molar-refractivity contribution in [3.8, 4) is 0 Å². The van der Waals surface area contributed by atoms with E-state index < -0.39 is 0 Å². The molecule has 1 aliphatic heterocycles. The SMILES string of the molecule is C[C@@H]1[C@H]2COC(=O)C[C@H]2C[C@@H]1O. The molecule has 4 atom stereocenters. The predicted molar refractivity (Wildman–Crippen MR) is 42.3 cm³/mol. The van der Waals surface area contributed by atoms with Crippen LogP contribution in [0.5, 0.6) is 0 Å². The maximum Gasteiger partial charge on any atom is 0.306 e. The van der Waals surface area contributed by atoms with E-state index in [1.165, 1.54) is 0 Å². The summed E-state index contributed by atoms with van der Waals surface area (Å²) in [4.78, 5) is 10.9. The lowest BCUT2D eigenvalue weighted by molar-refractivity contribution is -0.152. The molecule has 1 saturated carbocycles. The Morgan fingerprint density at radius 1 is 1.58 bits per heavy atom. The van der Waals surface area contributed by atoms with Gasteiger partial charge in [0.2, 0.25) is 0 Å². The topological polar surface area (TPSA) is 46.5 Å². The number of carbonyl (C=O) groups is 1. The third-order valence-corrected chi connectivity index (χ3v) is 3.30. The second-order valence-electron chi connectivity index (χ2n) is 3.97. The number of carbonyl (C=O) groups excluding carboxylic acids is 1. The van der Waals surface area contributed by atoms with Gasteiger partial charge in [0.15, 0.2) is 0 Å². The molecular weight excluding hydrogens is 156 g/mol. The molecule has 3 heteroatoms. The first-order valence-electron chi connectivity index (χ1n) is 4.52. The molecular formula is C9H14O3. The second kappa shape index (κ2) is 2.73. The van der Waals surface area contributed by atoms with Gasteiger partial charge in [-0.3, -0.25) is 4.79 Å². The first-order chi connectivity index (χ1) is 5.68. The number of hydrogen-bond donors (Lipinski definition) is 1. The van der Waals surface area contributed by atoms with Crippen molar-refractivity contribution >= 4 is 5.97 Å². The summed E-state index contributed by atoms with van der Waals surface area (Å²) >= 11 is 0. The molecule has 1 saturated heterocycles. The molecule has 1 heterocycles. The zero-order chi connectivity index (χ0) is 8.72. The van der Waals surface area contributed by atoms with Crippen LogP contribution < -0.4 is 0 Å². The van der Waals surface area contributed by atoms with E-state index in [1.807, 2.05) is 6.92 Å². The number of esters is 1. The molecule has 3 nitrogen and oxygen atoms in total. The quantitative estimate of drug-likeness (QED) is 0.540. The maximum absolute atomic E-state index is 10.9. The molecule has 0 radical (unpaired) electrons. The predicted octanol–water partition coefficient (Wildman–Crippen LogP) is 0.566. The van der Waals surface area contributed by atoms with Gasteiger partial charge >= 0.3 is 5.97 Å². The van der Waals surface area contributed by atoms with E-state index in [-0.39, 0.29) is 12.1 Å². The van der Waals surface area contributed by atoms with E-state index in [9.17, 15) is 9.90 Å². The smallest absolute Gasteiger partial charge is 0.306 e. The Balaban J connectivity index is 2.09. The molecule has 1 N–H and O–H groups in total. The summed E-state index contributed by atoms with van der Waals surface area (Å²) in [6.45, 7) is 2.55. The van der Waals surface area contributed by atoms with E-state index in [4.69, 9.17) is 4.74 Å². The van der Waals surface area contributed by atoms with Crippen LogP contribution in [0, 0.1) is 17.8 Å². The Morgan fingerprint density at radius 2 is 2.33 bits per heavy atom. The summed E-state index contributed by atoms with van der Waals surface area (Å²) in [6, 6.07) is 0. The van der Waals surface area contributed by atoms with E-state index in [0.29, 0.717) is 30.8 Å². The molecule has 0 amide bonds. The molecule has 0 aromatic carbocycles. The van der Waals surface area contributed by atoms with Crippen LogP contribution in [0.25, 0.3) is 0 Å². The lowest BCUT2D eigenvalue weighted by atomic mass is 9.87. The minimum atomic E-state index is -0.227. The lowest BCUT2D eigenvalue weighted by Gasteiger charge is -2.26. The molecule has 12 heavy (non-hydrogen) atoms. The third kappa shape index (κ3) is 1.12. The molecule has 0 bridgehead atoms. The van der Waals surface area contributed by atoms with Gasteiger partial charge in [-0.15, -0.1) is 0 Å². The number of rotatable bonds is 0. The summed E-state index contributed by atoms with van der Waals surface area (Å²) in [5.41, 5.74) is 0. The molecule has 0 aromatic rings. The van der Waals surface area contributed by atoms with Gasteiger partial charge in [-0.1, -0.05) is 6.92 Å². The summed E-state index contributed by atoms with van der Waals surface area (Å²) < 4.78 is 4.96. The van der Waals surface area contributed by atoms with Gasteiger partial charge in [0.05, 0.1) is 12.7 Å². The van der Waals surface area contributed by atoms with E-state index in [1.54, 1.807) is 0 Å². The largest absolute Gasteiger partial charge is 0.465 e. The monoisotopic (exact) mass is 170 g/mol. The highest BCUT2D eigenvalue weighted by atomic mass is 16.5. The Labute approximate surface area is 71.7 Å². The normalized spacial score (nSPS) is 47.0. The van der Waals surface area contributed by atoms with Crippen molar-refractivity contribution in [1.82, 2.24) is 0 Å². The molecule has 1 aliphatic carbocycles. The van der Waals surface area contributed by atoms with Crippen LogP contribution in [-0.2, 0) is 9.53 Å². The minimum Gasteiger partial charge on any atom is -0.465 e. The number of ether oxygens (including phenoxy) is 1. The van der Waals surface area contributed by atoms with Gasteiger partial charge in [0.25, 0.3) is 0 Å². The fourth-order valence-corrected chi connectivity index (χ4v) is 2.40. The number of cyclic esters (lactones) is 1. The van der Waals surface area contributed by atoms with Crippen molar-refractivity contribution in [3.05, 3.63) is 0 Å². The van der Waals surface area contributed by atoms with Gasteiger partial charge in [-0.25, -0.2) is 0 Å². The van der Waals surface area contributed by atoms with Crippen LogP contribution in [0.4, 0.5) is 0 Å². The summed E-state index contributed by atoms with van der Waals surface area (Å²) in [5, 5.41) is 9.55. The molecule has 2 fully saturated rings. The fraction of sp³-hybridized carbons (Fsp3) is 0.889. The van der Waals surface area contributed by atoms with Crippen LogP contribution in [0.2, 0.25) is 0 Å². The van der Waals surface area contributed by atoms with Gasteiger partial charge in [0.1, 0.15) is 0 Å². The third-order valence-electron chi connectivity index (χ3n) is 3.30. The molecule has 2 rings (SSSR count). The number of aliphatic hydroxyl groups is 1. The van der Waals surface area contributed by atoms with Gasteiger partial charge in [-0.2, -0.15) is 0 Å². The molecule has 68 valence electrons. The molecule has 0 unspecified atom stereocenters. The van der Waals surface area contributed by atoms with Crippen molar-refractivity contribution in [1.29, 1.82) is 0 Å². The standard InChI is InChI=1S/C9H14O3/c1-5-7-4-12-9(11)3-6(7)2-8(5)10/h5-8,10H,2-4H2,1H3/t5-,6-,7-,8+/m1/s1. The average molecular weight is 170 g/mol. The Kier molecular flexibility index (Phi) is 1.83. The zero-order valence-corrected chi connectivity index (χ0v) is 7.19. The lowest BCUT2D eigenvalue weighted by Crippen LogP contribution is -2.30. The Bertz CT molecular complexity index is 202. The van der Waals surface area contributed by atoms with Gasteiger partial charge in [-0.05, 0) is 18.3 Å². The van der Waals surface area contributed by atoms with Crippen LogP contribution in [0.3, 0.4) is 0 Å². The van der Waals surface area contributed by atoms with Crippen LogP contribution in [0.15, 0.2) is 0 Å². The Hall–Kier alpha value is -0.570. The van der Waals surface area contributed by atoms with E-state index >= 15 is 0 Å². The van der Waals surface area contributed by atoms with Gasteiger partial charge in [0, 0.05) is 12.3 Å². The number of hydrogen-bond acceptors (Lipinski definition) is 3. The van der Waals surface area contributed by atoms with Crippen LogP contribution >= 0.6 is 0 Å². The number of fused-ring (bicyclic) bond motifs is 1. The first kappa shape index (κ1) is 8.05. The molecule has 2 aliphatic rings. The minimum absolute atomic E-state index is 0.0995. The van der Waals surface area contributed by atoms with Crippen molar-refractivity contribution in [2.24, 2.45) is 17.8 Å². The first-order valence-corrected chi connectivity index (χ1v) is 4.52. The van der Waals surface area contributed by atoms with Crippen molar-refractivity contribution in [3.63, 3.8) is 0 Å². The fourth-order valence-electron chi connectivity index (χ4n) is 2.40. The van der Waals surface area contributed by atoms with Crippen molar-refractivity contribution in [2.45, 2.75) is 25.9 Å². The van der Waals surface area contributed by atoms with E-state index in [0.717, 1.165) is 6.42 Å². The highest BCUT2D eigenvalue weighted by molar-refractivity contribution is 5.70. The van der Waals surface area contributed by atoms with Crippen molar-refractivity contribution in [2.75, 3.05) is 6.61 Å². The average Bonchev–Trinajstić information content (AvgIpc) is 2.28. The summed E-state index contributed by atoms with van der Waals surface area (Å²) in [6.07, 6.45) is 1.06. The maximum atomic E-state index is 10.9. The number of aliphatic hydroxyl groups excluding tert-OH is 1. The summed E-state index contributed by atoms with van der Waals surface area (Å²) in [5.74, 6) is 0.967. The Morgan fingerprint density at radius 3 is 3.08 bits per heavy atom. The van der Waals surface area contributed by atoms with Crippen LogP contribution in [-0.4, -0.2) is 23.8 Å². The van der Waals surface area contributed by atoms with Crippen LogP contribution in [0.1, 0.15) is 19.8 Å². The zero-order valence-electron chi connectivity index (χ0n) is 7.19. The summed E-state index contributed by atoms with van der Waals surface area (Å²) in [7, 11) is 0. The highest BCUT2D eigenvalue weighted by Crippen LogP contribution is 2.41. The second-order valence-corrected chi connectivity index (χ2v) is 3.97. The highest BCUT2D eigenvalue weighted by Gasteiger charge is 2.43. The molecule has 0 spiro atoms.